The minimum Gasteiger partial charge on any atom is -0.379 e. The zero-order valence-electron chi connectivity index (χ0n) is 11.6. The molecule has 1 aliphatic rings. The van der Waals surface area contributed by atoms with Crippen LogP contribution in [-0.2, 0) is 4.74 Å². The van der Waals surface area contributed by atoms with Crippen molar-refractivity contribution in [3.8, 4) is 6.07 Å². The molecule has 1 aromatic rings. The highest BCUT2D eigenvalue weighted by molar-refractivity contribution is 5.59. The summed E-state index contributed by atoms with van der Waals surface area (Å²) < 4.78 is 5.48. The normalized spacial score (nSPS) is 20.6. The van der Waals surface area contributed by atoms with Crippen LogP contribution < -0.4 is 10.2 Å². The van der Waals surface area contributed by atoms with Gasteiger partial charge in [0.2, 0.25) is 0 Å². The molecule has 4 heteroatoms. The summed E-state index contributed by atoms with van der Waals surface area (Å²) in [4.78, 5) is 2.18. The van der Waals surface area contributed by atoms with Crippen LogP contribution in [0.3, 0.4) is 0 Å². The monoisotopic (exact) mass is 259 g/mol. The molecule has 0 bridgehead atoms. The highest BCUT2D eigenvalue weighted by Crippen LogP contribution is 2.22. The van der Waals surface area contributed by atoms with Crippen LogP contribution in [0.25, 0.3) is 0 Å². The van der Waals surface area contributed by atoms with Crippen LogP contribution >= 0.6 is 0 Å². The minimum absolute atomic E-state index is 0.355. The molecule has 2 rings (SSSR count). The number of hydrogen-bond donors (Lipinski definition) is 1. The number of hydrogen-bond acceptors (Lipinski definition) is 4. The lowest BCUT2D eigenvalue weighted by Crippen LogP contribution is -2.45. The summed E-state index contributed by atoms with van der Waals surface area (Å²) in [6.07, 6.45) is 1.01. The van der Waals surface area contributed by atoms with Crippen LogP contribution in [0.5, 0.6) is 0 Å². The Bertz CT molecular complexity index is 449. The Kier molecular flexibility index (Phi) is 4.78. The number of nitrogens with zero attached hydrogens (tertiary/aromatic N) is 2. The molecule has 19 heavy (non-hydrogen) atoms. The fraction of sp³-hybridized carbons (Fsp3) is 0.533. The summed E-state index contributed by atoms with van der Waals surface area (Å²) in [6, 6.07) is 10.7. The van der Waals surface area contributed by atoms with E-state index in [4.69, 9.17) is 10.00 Å². The number of rotatable bonds is 4. The number of morpholine rings is 1. The molecule has 1 aliphatic heterocycles. The van der Waals surface area contributed by atoms with Crippen molar-refractivity contribution < 1.29 is 4.74 Å². The molecule has 1 aromatic carbocycles. The van der Waals surface area contributed by atoms with Crippen LogP contribution in [0.1, 0.15) is 18.9 Å². The first-order valence-electron chi connectivity index (χ1n) is 6.75. The molecule has 4 nitrogen and oxygen atoms in total. The lowest BCUT2D eigenvalue weighted by Gasteiger charge is -2.32. The van der Waals surface area contributed by atoms with Crippen molar-refractivity contribution in [1.29, 1.82) is 5.26 Å². The molecule has 0 radical (unpaired) electrons. The average molecular weight is 259 g/mol. The van der Waals surface area contributed by atoms with E-state index in [1.54, 1.807) is 0 Å². The van der Waals surface area contributed by atoms with E-state index in [0.717, 1.165) is 37.4 Å². The minimum atomic E-state index is 0.355. The third-order valence-electron chi connectivity index (χ3n) is 3.69. The first-order chi connectivity index (χ1) is 9.22. The third kappa shape index (κ3) is 3.46. The molecule has 102 valence electrons. The van der Waals surface area contributed by atoms with Crippen molar-refractivity contribution >= 4 is 5.69 Å². The highest BCUT2D eigenvalue weighted by atomic mass is 16.5. The summed E-state index contributed by atoms with van der Waals surface area (Å²) in [6.45, 7) is 4.69. The lowest BCUT2D eigenvalue weighted by atomic mass is 10.1. The maximum absolute atomic E-state index is 9.16. The molecule has 0 spiro atoms. The number of ether oxygens (including phenoxy) is 1. The van der Waals surface area contributed by atoms with Gasteiger partial charge in [0.15, 0.2) is 0 Å². The fourth-order valence-corrected chi connectivity index (χ4v) is 2.45. The van der Waals surface area contributed by atoms with Gasteiger partial charge in [-0.2, -0.15) is 5.26 Å². The SMILES string of the molecule is CC(CC1COCCN1)N(C)c1ccccc1C#N. The van der Waals surface area contributed by atoms with E-state index < -0.39 is 0 Å². The van der Waals surface area contributed by atoms with Gasteiger partial charge in [-0.3, -0.25) is 0 Å². The van der Waals surface area contributed by atoms with Crippen molar-refractivity contribution in [2.24, 2.45) is 0 Å². The van der Waals surface area contributed by atoms with Gasteiger partial charge < -0.3 is 15.0 Å². The number of benzene rings is 1. The van der Waals surface area contributed by atoms with Crippen LogP contribution in [0.15, 0.2) is 24.3 Å². The second-order valence-electron chi connectivity index (χ2n) is 5.05. The van der Waals surface area contributed by atoms with Gasteiger partial charge in [-0.05, 0) is 25.5 Å². The standard InChI is InChI=1S/C15H21N3O/c1-12(9-14-11-19-8-7-17-14)18(2)15-6-4-3-5-13(15)10-16/h3-6,12,14,17H,7-9,11H2,1-2H3. The lowest BCUT2D eigenvalue weighted by molar-refractivity contribution is 0.0724. The Labute approximate surface area is 115 Å². The molecule has 1 fully saturated rings. The van der Waals surface area contributed by atoms with E-state index in [2.05, 4.69) is 23.2 Å². The Morgan fingerprint density at radius 3 is 3.00 bits per heavy atom. The van der Waals surface area contributed by atoms with Crippen molar-refractivity contribution in [1.82, 2.24) is 5.32 Å². The van der Waals surface area contributed by atoms with Crippen molar-refractivity contribution in [3.05, 3.63) is 29.8 Å². The van der Waals surface area contributed by atoms with Gasteiger partial charge in [0.1, 0.15) is 6.07 Å². The molecular formula is C15H21N3O. The summed E-state index contributed by atoms with van der Waals surface area (Å²) in [5.41, 5.74) is 1.72. The Hall–Kier alpha value is -1.57. The molecule has 0 aliphatic carbocycles. The number of nitriles is 1. The molecule has 1 heterocycles. The predicted octanol–water partition coefficient (Wildman–Crippen LogP) is 1.76. The van der Waals surface area contributed by atoms with Crippen molar-refractivity contribution in [3.63, 3.8) is 0 Å². The summed E-state index contributed by atoms with van der Waals surface area (Å²) in [5.74, 6) is 0. The topological polar surface area (TPSA) is 48.3 Å². The largest absolute Gasteiger partial charge is 0.379 e. The first-order valence-corrected chi connectivity index (χ1v) is 6.75. The van der Waals surface area contributed by atoms with E-state index >= 15 is 0 Å². The van der Waals surface area contributed by atoms with Gasteiger partial charge in [-0.15, -0.1) is 0 Å². The molecule has 2 unspecified atom stereocenters. The molecule has 1 N–H and O–H groups in total. The quantitative estimate of drug-likeness (QED) is 0.895. The molecule has 0 aromatic heterocycles. The first kappa shape index (κ1) is 13.9. The third-order valence-corrected chi connectivity index (χ3v) is 3.69. The van der Waals surface area contributed by atoms with Crippen molar-refractivity contribution in [2.75, 3.05) is 31.7 Å². The van der Waals surface area contributed by atoms with Gasteiger partial charge in [0, 0.05) is 25.7 Å². The number of nitrogens with one attached hydrogen (secondary N) is 1. The summed E-state index contributed by atoms with van der Waals surface area (Å²) >= 11 is 0. The van der Waals surface area contributed by atoms with Gasteiger partial charge in [-0.25, -0.2) is 0 Å². The Morgan fingerprint density at radius 1 is 1.53 bits per heavy atom. The fourth-order valence-electron chi connectivity index (χ4n) is 2.45. The van der Waals surface area contributed by atoms with E-state index in [0.29, 0.717) is 12.1 Å². The average Bonchev–Trinajstić information content (AvgIpc) is 2.47. The zero-order chi connectivity index (χ0) is 13.7. The smallest absolute Gasteiger partial charge is 0.101 e. The van der Waals surface area contributed by atoms with Gasteiger partial charge in [-0.1, -0.05) is 12.1 Å². The van der Waals surface area contributed by atoms with E-state index in [1.165, 1.54) is 0 Å². The summed E-state index contributed by atoms with van der Waals surface area (Å²) in [7, 11) is 2.05. The Morgan fingerprint density at radius 2 is 2.32 bits per heavy atom. The van der Waals surface area contributed by atoms with Crippen LogP contribution in [0.4, 0.5) is 5.69 Å². The van der Waals surface area contributed by atoms with Crippen LogP contribution in [0.2, 0.25) is 0 Å². The predicted molar refractivity (Wildman–Crippen MR) is 76.2 cm³/mol. The van der Waals surface area contributed by atoms with Gasteiger partial charge in [0.05, 0.1) is 24.5 Å². The number of anilines is 1. The van der Waals surface area contributed by atoms with Crippen molar-refractivity contribution in [2.45, 2.75) is 25.4 Å². The van der Waals surface area contributed by atoms with E-state index in [9.17, 15) is 0 Å². The molecule has 2 atom stereocenters. The number of para-hydroxylation sites is 1. The maximum atomic E-state index is 9.16. The van der Waals surface area contributed by atoms with Crippen LogP contribution in [-0.4, -0.2) is 38.9 Å². The molecule has 0 saturated carbocycles. The molecule has 1 saturated heterocycles. The second kappa shape index (κ2) is 6.55. The summed E-state index contributed by atoms with van der Waals surface area (Å²) in [5, 5.41) is 12.6. The van der Waals surface area contributed by atoms with Crippen LogP contribution in [0, 0.1) is 11.3 Å². The second-order valence-corrected chi connectivity index (χ2v) is 5.05. The van der Waals surface area contributed by atoms with Gasteiger partial charge >= 0.3 is 0 Å². The van der Waals surface area contributed by atoms with Gasteiger partial charge in [0.25, 0.3) is 0 Å². The molecule has 0 amide bonds. The molecular weight excluding hydrogens is 238 g/mol. The highest BCUT2D eigenvalue weighted by Gasteiger charge is 2.20. The van der Waals surface area contributed by atoms with E-state index in [1.807, 2.05) is 31.3 Å². The maximum Gasteiger partial charge on any atom is 0.101 e. The Balaban J connectivity index is 2.01. The van der Waals surface area contributed by atoms with E-state index in [-0.39, 0.29) is 0 Å². The zero-order valence-corrected chi connectivity index (χ0v) is 11.6.